The monoisotopic (exact) mass is 452 g/mol. The molecule has 2 aromatic carbocycles. The van der Waals surface area contributed by atoms with Crippen LogP contribution in [0.1, 0.15) is 22.8 Å². The van der Waals surface area contributed by atoms with E-state index in [-0.39, 0.29) is 0 Å². The minimum atomic E-state index is -0.409. The fourth-order valence-electron chi connectivity index (χ4n) is 3.34. The van der Waals surface area contributed by atoms with Crippen molar-refractivity contribution in [1.82, 2.24) is 9.55 Å². The Labute approximate surface area is 188 Å². The number of hydrogen-bond donors (Lipinski definition) is 0. The maximum atomic E-state index is 12.5. The van der Waals surface area contributed by atoms with Gasteiger partial charge in [-0.3, -0.25) is 0 Å². The van der Waals surface area contributed by atoms with Crippen LogP contribution < -0.4 is 0 Å². The molecular weight excluding hydrogens is 432 g/mol. The Balaban J connectivity index is 1.88. The fraction of sp³-hybridized carbons (Fsp3) is 0.174. The second-order valence-electron chi connectivity index (χ2n) is 6.58. The molecule has 0 atom stereocenters. The first kappa shape index (κ1) is 20.8. The van der Waals surface area contributed by atoms with Crippen LogP contribution in [-0.4, -0.2) is 28.4 Å². The molecule has 0 aliphatic rings. The van der Waals surface area contributed by atoms with Crippen LogP contribution in [0, 0.1) is 4.51 Å². The van der Waals surface area contributed by atoms with Crippen LogP contribution in [0.15, 0.2) is 65.1 Å². The molecule has 0 radical (unpaired) electrons. The zero-order valence-corrected chi connectivity index (χ0v) is 19.1. The quantitative estimate of drug-likeness (QED) is 0.191. The van der Waals surface area contributed by atoms with Crippen LogP contribution in [0.3, 0.4) is 0 Å². The average Bonchev–Trinajstić information content (AvgIpc) is 3.22. The van der Waals surface area contributed by atoms with Crippen molar-refractivity contribution >= 4 is 51.6 Å². The molecule has 2 heterocycles. The summed E-state index contributed by atoms with van der Waals surface area (Å²) in [5, 5.41) is 0. The van der Waals surface area contributed by atoms with Gasteiger partial charge in [0.1, 0.15) is 10.3 Å². The SMILES string of the molecule is CCOC(=O)c1cn(Cc2ccccc2-c2ccccc2)c2sc(SC)nc2c1=S. The third kappa shape index (κ3) is 4.05. The number of pyridine rings is 1. The van der Waals surface area contributed by atoms with E-state index < -0.39 is 5.97 Å². The van der Waals surface area contributed by atoms with Crippen LogP contribution >= 0.6 is 35.3 Å². The Hall–Kier alpha value is -2.48. The summed E-state index contributed by atoms with van der Waals surface area (Å²) in [5.74, 6) is -0.409. The van der Waals surface area contributed by atoms with Crippen molar-refractivity contribution in [2.75, 3.05) is 12.9 Å². The number of benzene rings is 2. The Bertz CT molecular complexity index is 1260. The molecule has 0 fully saturated rings. The van der Waals surface area contributed by atoms with Gasteiger partial charge in [-0.2, -0.15) is 0 Å². The van der Waals surface area contributed by atoms with E-state index in [1.54, 1.807) is 30.0 Å². The Kier molecular flexibility index (Phi) is 6.32. The summed E-state index contributed by atoms with van der Waals surface area (Å²) in [4.78, 5) is 18.2. The van der Waals surface area contributed by atoms with Crippen molar-refractivity contribution < 1.29 is 9.53 Å². The number of aromatic nitrogens is 2. The lowest BCUT2D eigenvalue weighted by atomic mass is 9.99. The first-order valence-corrected chi connectivity index (χ1v) is 12.0. The Morgan fingerprint density at radius 2 is 1.90 bits per heavy atom. The summed E-state index contributed by atoms with van der Waals surface area (Å²) in [6, 6.07) is 18.6. The number of carbonyl (C=O) groups is 1. The van der Waals surface area contributed by atoms with Crippen LogP contribution in [0.25, 0.3) is 21.5 Å². The molecule has 0 saturated carbocycles. The summed E-state index contributed by atoms with van der Waals surface area (Å²) >= 11 is 8.76. The van der Waals surface area contributed by atoms with Crippen molar-refractivity contribution in [3.63, 3.8) is 0 Å². The molecule has 0 N–H and O–H groups in total. The third-order valence-corrected chi connectivity index (χ3v) is 7.20. The predicted octanol–water partition coefficient (Wildman–Crippen LogP) is 6.44. The zero-order chi connectivity index (χ0) is 21.1. The van der Waals surface area contributed by atoms with E-state index in [0.717, 1.165) is 25.9 Å². The smallest absolute Gasteiger partial charge is 0.341 e. The van der Waals surface area contributed by atoms with E-state index in [0.29, 0.717) is 28.7 Å². The van der Waals surface area contributed by atoms with Crippen molar-refractivity contribution in [2.45, 2.75) is 17.8 Å². The van der Waals surface area contributed by atoms with Gasteiger partial charge in [0, 0.05) is 12.7 Å². The second kappa shape index (κ2) is 9.12. The summed E-state index contributed by atoms with van der Waals surface area (Å²) in [7, 11) is 0. The summed E-state index contributed by atoms with van der Waals surface area (Å²) in [6.45, 7) is 2.69. The highest BCUT2D eigenvalue weighted by atomic mass is 32.2. The lowest BCUT2D eigenvalue weighted by molar-refractivity contribution is 0.0525. The molecule has 4 rings (SSSR count). The average molecular weight is 453 g/mol. The van der Waals surface area contributed by atoms with Gasteiger partial charge in [-0.05, 0) is 29.9 Å². The molecule has 0 aliphatic carbocycles. The van der Waals surface area contributed by atoms with E-state index in [1.807, 2.05) is 42.8 Å². The Morgan fingerprint density at radius 3 is 2.63 bits per heavy atom. The van der Waals surface area contributed by atoms with E-state index in [1.165, 1.54) is 0 Å². The highest BCUT2D eigenvalue weighted by Crippen LogP contribution is 2.32. The normalized spacial score (nSPS) is 11.0. The fourth-order valence-corrected chi connectivity index (χ4v) is 5.21. The molecule has 0 spiro atoms. The number of thiazole rings is 1. The molecule has 0 aliphatic heterocycles. The van der Waals surface area contributed by atoms with Crippen molar-refractivity contribution in [2.24, 2.45) is 0 Å². The molecule has 2 aromatic heterocycles. The van der Waals surface area contributed by atoms with Crippen LogP contribution in [0.4, 0.5) is 0 Å². The molecule has 0 bridgehead atoms. The molecular formula is C23H20N2O2S3. The zero-order valence-electron chi connectivity index (χ0n) is 16.6. The van der Waals surface area contributed by atoms with Gasteiger partial charge >= 0.3 is 5.97 Å². The maximum Gasteiger partial charge on any atom is 0.341 e. The molecule has 30 heavy (non-hydrogen) atoms. The highest BCUT2D eigenvalue weighted by molar-refractivity contribution is 8.00. The minimum Gasteiger partial charge on any atom is -0.462 e. The molecule has 4 nitrogen and oxygen atoms in total. The molecule has 0 saturated heterocycles. The van der Waals surface area contributed by atoms with Gasteiger partial charge in [0.05, 0.1) is 16.7 Å². The van der Waals surface area contributed by atoms with Gasteiger partial charge in [-0.1, -0.05) is 89.9 Å². The van der Waals surface area contributed by atoms with Gasteiger partial charge in [0.15, 0.2) is 4.34 Å². The number of ether oxygens (including phenoxy) is 1. The minimum absolute atomic E-state index is 0.301. The topological polar surface area (TPSA) is 44.1 Å². The number of rotatable bonds is 6. The maximum absolute atomic E-state index is 12.5. The van der Waals surface area contributed by atoms with E-state index in [9.17, 15) is 4.79 Å². The van der Waals surface area contributed by atoms with Gasteiger partial charge in [0.2, 0.25) is 0 Å². The number of carbonyl (C=O) groups excluding carboxylic acids is 1. The first-order valence-electron chi connectivity index (χ1n) is 9.50. The van der Waals surface area contributed by atoms with Gasteiger partial charge in [-0.25, -0.2) is 9.78 Å². The van der Waals surface area contributed by atoms with Gasteiger partial charge in [0.25, 0.3) is 0 Å². The van der Waals surface area contributed by atoms with Crippen molar-refractivity contribution in [3.05, 3.63) is 76.4 Å². The lowest BCUT2D eigenvalue weighted by Gasteiger charge is -2.14. The standard InChI is InChI=1S/C23H20N2O2S3/c1-3-27-22(26)18-14-25(21-19(20(18)28)24-23(29-2)30-21)13-16-11-7-8-12-17(16)15-9-5-4-6-10-15/h4-12,14H,3,13H2,1-2H3. The Morgan fingerprint density at radius 1 is 1.17 bits per heavy atom. The largest absolute Gasteiger partial charge is 0.462 e. The van der Waals surface area contributed by atoms with Crippen molar-refractivity contribution in [3.8, 4) is 11.1 Å². The van der Waals surface area contributed by atoms with Crippen LogP contribution in [0.5, 0.6) is 0 Å². The molecule has 4 aromatic rings. The predicted molar refractivity (Wildman–Crippen MR) is 127 cm³/mol. The van der Waals surface area contributed by atoms with Crippen LogP contribution in [0.2, 0.25) is 0 Å². The first-order chi connectivity index (χ1) is 14.6. The number of thioether (sulfide) groups is 1. The van der Waals surface area contributed by atoms with E-state index in [2.05, 4.69) is 33.8 Å². The number of hydrogen-bond acceptors (Lipinski definition) is 6. The van der Waals surface area contributed by atoms with Gasteiger partial charge < -0.3 is 9.30 Å². The molecule has 0 amide bonds. The number of nitrogens with zero attached hydrogens (tertiary/aromatic N) is 2. The van der Waals surface area contributed by atoms with E-state index in [4.69, 9.17) is 17.0 Å². The second-order valence-corrected chi connectivity index (χ2v) is 9.02. The molecule has 0 unspecified atom stereocenters. The van der Waals surface area contributed by atoms with Crippen LogP contribution in [-0.2, 0) is 11.3 Å². The summed E-state index contributed by atoms with van der Waals surface area (Å²) < 4.78 is 8.68. The third-order valence-electron chi connectivity index (χ3n) is 4.71. The lowest BCUT2D eigenvalue weighted by Crippen LogP contribution is -2.10. The molecule has 152 valence electrons. The highest BCUT2D eigenvalue weighted by Gasteiger charge is 2.18. The summed E-state index contributed by atoms with van der Waals surface area (Å²) in [6.07, 6.45) is 3.80. The summed E-state index contributed by atoms with van der Waals surface area (Å²) in [5.41, 5.74) is 4.54. The number of fused-ring (bicyclic) bond motifs is 1. The van der Waals surface area contributed by atoms with Crippen molar-refractivity contribution in [1.29, 1.82) is 0 Å². The van der Waals surface area contributed by atoms with Gasteiger partial charge in [-0.15, -0.1) is 0 Å². The number of esters is 1. The van der Waals surface area contributed by atoms with E-state index >= 15 is 0 Å². The molecule has 7 heteroatoms.